The molecule has 1 aliphatic rings. The van der Waals surface area contributed by atoms with E-state index < -0.39 is 5.97 Å². The second-order valence-electron chi connectivity index (χ2n) is 6.49. The third-order valence-electron chi connectivity index (χ3n) is 4.73. The lowest BCUT2D eigenvalue weighted by Gasteiger charge is -2.23. The van der Waals surface area contributed by atoms with Gasteiger partial charge in [-0.25, -0.2) is 0 Å². The first-order chi connectivity index (χ1) is 12.6. The number of nitrogens with zero attached hydrogens (tertiary/aromatic N) is 1. The Morgan fingerprint density at radius 1 is 1.08 bits per heavy atom. The standard InChI is InChI=1S/C22H19NO3/c1-15(24)26-21-14-20-18-10-6-5-9-17(18)11-12-23(20)22(25)19(21)13-16-7-3-2-4-8-16/h2-10,14H,11-13H2,1H3. The Bertz CT molecular complexity index is 1030. The van der Waals surface area contributed by atoms with Gasteiger partial charge in [-0.1, -0.05) is 54.6 Å². The summed E-state index contributed by atoms with van der Waals surface area (Å²) in [5, 5.41) is 0. The maximum atomic E-state index is 13.2. The van der Waals surface area contributed by atoms with Crippen molar-refractivity contribution < 1.29 is 9.53 Å². The predicted molar refractivity (Wildman–Crippen MR) is 100 cm³/mol. The van der Waals surface area contributed by atoms with E-state index in [1.165, 1.54) is 12.5 Å². The van der Waals surface area contributed by atoms with Crippen LogP contribution in [0.15, 0.2) is 65.5 Å². The molecular formula is C22H19NO3. The van der Waals surface area contributed by atoms with Crippen LogP contribution in [0.1, 0.15) is 23.6 Å². The number of rotatable bonds is 3. The molecule has 26 heavy (non-hydrogen) atoms. The van der Waals surface area contributed by atoms with Crippen molar-refractivity contribution in [1.29, 1.82) is 0 Å². The summed E-state index contributed by atoms with van der Waals surface area (Å²) in [7, 11) is 0. The van der Waals surface area contributed by atoms with E-state index in [0.29, 0.717) is 24.3 Å². The number of carbonyl (C=O) groups excluding carboxylic acids is 1. The number of esters is 1. The highest BCUT2D eigenvalue weighted by Crippen LogP contribution is 2.32. The Hall–Kier alpha value is -3.14. The zero-order valence-corrected chi connectivity index (χ0v) is 14.6. The SMILES string of the molecule is CC(=O)Oc1cc2n(c(=O)c1Cc1ccccc1)CCc1ccccc1-2. The van der Waals surface area contributed by atoms with Crippen LogP contribution in [0, 0.1) is 0 Å². The summed E-state index contributed by atoms with van der Waals surface area (Å²) in [5.74, 6) is -0.0675. The molecule has 0 saturated carbocycles. The highest BCUT2D eigenvalue weighted by atomic mass is 16.5. The number of aromatic nitrogens is 1. The summed E-state index contributed by atoms with van der Waals surface area (Å²) < 4.78 is 7.23. The summed E-state index contributed by atoms with van der Waals surface area (Å²) in [5.41, 5.74) is 4.48. The van der Waals surface area contributed by atoms with Crippen LogP contribution in [0.2, 0.25) is 0 Å². The highest BCUT2D eigenvalue weighted by Gasteiger charge is 2.22. The van der Waals surface area contributed by atoms with Crippen LogP contribution in [0.4, 0.5) is 0 Å². The first-order valence-corrected chi connectivity index (χ1v) is 8.71. The van der Waals surface area contributed by atoms with E-state index in [2.05, 4.69) is 6.07 Å². The van der Waals surface area contributed by atoms with Crippen molar-refractivity contribution >= 4 is 5.97 Å². The summed E-state index contributed by atoms with van der Waals surface area (Å²) in [6.07, 6.45) is 1.25. The van der Waals surface area contributed by atoms with Crippen molar-refractivity contribution in [3.05, 3.63) is 87.7 Å². The Morgan fingerprint density at radius 3 is 2.58 bits per heavy atom. The molecule has 0 saturated heterocycles. The zero-order valence-electron chi connectivity index (χ0n) is 14.6. The molecule has 1 aliphatic heterocycles. The number of ether oxygens (including phenoxy) is 1. The van der Waals surface area contributed by atoms with E-state index >= 15 is 0 Å². The van der Waals surface area contributed by atoms with Crippen LogP contribution in [0.25, 0.3) is 11.3 Å². The predicted octanol–water partition coefficient (Wildman–Crippen LogP) is 3.59. The molecule has 0 bridgehead atoms. The Kier molecular flexibility index (Phi) is 4.17. The number of benzene rings is 2. The van der Waals surface area contributed by atoms with Gasteiger partial charge in [0.05, 0.1) is 11.3 Å². The molecule has 3 aromatic rings. The third-order valence-corrected chi connectivity index (χ3v) is 4.73. The summed E-state index contributed by atoms with van der Waals surface area (Å²) in [6, 6.07) is 19.6. The smallest absolute Gasteiger partial charge is 0.308 e. The number of pyridine rings is 1. The number of hydrogen-bond acceptors (Lipinski definition) is 3. The second-order valence-corrected chi connectivity index (χ2v) is 6.49. The molecule has 0 unspecified atom stereocenters. The van der Waals surface area contributed by atoms with Gasteiger partial charge in [-0.3, -0.25) is 9.59 Å². The molecule has 0 amide bonds. The molecule has 2 heterocycles. The van der Waals surface area contributed by atoms with Crippen molar-refractivity contribution in [3.8, 4) is 17.0 Å². The average Bonchev–Trinajstić information content (AvgIpc) is 2.65. The topological polar surface area (TPSA) is 48.3 Å². The zero-order chi connectivity index (χ0) is 18.1. The molecule has 1 aromatic heterocycles. The number of carbonyl (C=O) groups is 1. The maximum Gasteiger partial charge on any atom is 0.308 e. The first kappa shape index (κ1) is 16.3. The molecule has 4 heteroatoms. The molecule has 4 nitrogen and oxygen atoms in total. The lowest BCUT2D eigenvalue weighted by Crippen LogP contribution is -2.30. The molecule has 0 aliphatic carbocycles. The fourth-order valence-electron chi connectivity index (χ4n) is 3.54. The largest absolute Gasteiger partial charge is 0.426 e. The minimum atomic E-state index is -0.423. The summed E-state index contributed by atoms with van der Waals surface area (Å²) in [6.45, 7) is 1.99. The van der Waals surface area contributed by atoms with E-state index in [9.17, 15) is 9.59 Å². The van der Waals surface area contributed by atoms with Gasteiger partial charge in [-0.05, 0) is 17.5 Å². The molecule has 0 spiro atoms. The highest BCUT2D eigenvalue weighted by molar-refractivity contribution is 5.72. The molecule has 130 valence electrons. The van der Waals surface area contributed by atoms with Gasteiger partial charge in [0, 0.05) is 31.5 Å². The van der Waals surface area contributed by atoms with Gasteiger partial charge in [-0.2, -0.15) is 0 Å². The number of hydrogen-bond donors (Lipinski definition) is 0. The van der Waals surface area contributed by atoms with Gasteiger partial charge in [-0.15, -0.1) is 0 Å². The molecule has 0 atom stereocenters. The molecule has 0 fully saturated rings. The molecular weight excluding hydrogens is 326 g/mol. The van der Waals surface area contributed by atoms with E-state index in [1.807, 2.05) is 54.6 Å². The van der Waals surface area contributed by atoms with Crippen molar-refractivity contribution in [2.24, 2.45) is 0 Å². The van der Waals surface area contributed by atoms with Crippen LogP contribution in [0.5, 0.6) is 5.75 Å². The van der Waals surface area contributed by atoms with Crippen LogP contribution < -0.4 is 10.3 Å². The van der Waals surface area contributed by atoms with Gasteiger partial charge in [0.15, 0.2) is 0 Å². The molecule has 2 aromatic carbocycles. The lowest BCUT2D eigenvalue weighted by molar-refractivity contribution is -0.131. The third kappa shape index (κ3) is 2.94. The van der Waals surface area contributed by atoms with Crippen LogP contribution in [-0.4, -0.2) is 10.5 Å². The van der Waals surface area contributed by atoms with E-state index in [0.717, 1.165) is 23.2 Å². The minimum Gasteiger partial charge on any atom is -0.426 e. The first-order valence-electron chi connectivity index (χ1n) is 8.71. The van der Waals surface area contributed by atoms with Crippen molar-refractivity contribution in [1.82, 2.24) is 4.57 Å². The normalized spacial score (nSPS) is 12.2. The van der Waals surface area contributed by atoms with E-state index in [4.69, 9.17) is 4.74 Å². The van der Waals surface area contributed by atoms with Crippen molar-refractivity contribution in [2.45, 2.75) is 26.3 Å². The molecule has 0 radical (unpaired) electrons. The van der Waals surface area contributed by atoms with Gasteiger partial charge >= 0.3 is 5.97 Å². The van der Waals surface area contributed by atoms with E-state index in [1.54, 1.807) is 4.57 Å². The minimum absolute atomic E-state index is 0.0860. The molecule has 0 N–H and O–H groups in total. The van der Waals surface area contributed by atoms with Crippen LogP contribution in [-0.2, 0) is 24.2 Å². The van der Waals surface area contributed by atoms with Gasteiger partial charge < -0.3 is 9.30 Å². The Balaban J connectivity index is 1.90. The monoisotopic (exact) mass is 345 g/mol. The van der Waals surface area contributed by atoms with Crippen LogP contribution in [0.3, 0.4) is 0 Å². The summed E-state index contributed by atoms with van der Waals surface area (Å²) in [4.78, 5) is 24.8. The Morgan fingerprint density at radius 2 is 1.81 bits per heavy atom. The van der Waals surface area contributed by atoms with Crippen molar-refractivity contribution in [2.75, 3.05) is 0 Å². The van der Waals surface area contributed by atoms with Crippen molar-refractivity contribution in [3.63, 3.8) is 0 Å². The summed E-state index contributed by atoms with van der Waals surface area (Å²) >= 11 is 0. The van der Waals surface area contributed by atoms with Crippen LogP contribution >= 0.6 is 0 Å². The second kappa shape index (κ2) is 6.64. The average molecular weight is 345 g/mol. The van der Waals surface area contributed by atoms with Gasteiger partial charge in [0.1, 0.15) is 5.75 Å². The lowest BCUT2D eigenvalue weighted by atomic mass is 9.95. The molecule has 4 rings (SSSR count). The van der Waals surface area contributed by atoms with E-state index in [-0.39, 0.29) is 5.56 Å². The van der Waals surface area contributed by atoms with Gasteiger partial charge in [0.2, 0.25) is 0 Å². The Labute approximate surface area is 151 Å². The maximum absolute atomic E-state index is 13.2. The number of aryl methyl sites for hydroxylation is 1. The fraction of sp³-hybridized carbons (Fsp3) is 0.182. The fourth-order valence-corrected chi connectivity index (χ4v) is 3.54. The number of fused-ring (bicyclic) bond motifs is 3. The quantitative estimate of drug-likeness (QED) is 0.682. The van der Waals surface area contributed by atoms with Gasteiger partial charge in [0.25, 0.3) is 5.56 Å².